The predicted molar refractivity (Wildman–Crippen MR) is 70.4 cm³/mol. The molecule has 2 aromatic rings. The van der Waals surface area contributed by atoms with E-state index in [0.717, 1.165) is 31.1 Å². The van der Waals surface area contributed by atoms with Crippen molar-refractivity contribution >= 4 is 11.0 Å². The van der Waals surface area contributed by atoms with E-state index in [2.05, 4.69) is 12.3 Å². The Morgan fingerprint density at radius 2 is 2.22 bits per heavy atom. The summed E-state index contributed by atoms with van der Waals surface area (Å²) in [6.07, 6.45) is 4.29. The first kappa shape index (κ1) is 13.1. The Morgan fingerprint density at radius 1 is 1.39 bits per heavy atom. The molecule has 1 aromatic heterocycles. The van der Waals surface area contributed by atoms with Crippen LogP contribution < -0.4 is 11.3 Å². The van der Waals surface area contributed by atoms with Gasteiger partial charge in [0, 0.05) is 5.39 Å². The van der Waals surface area contributed by atoms with E-state index in [9.17, 15) is 4.39 Å². The van der Waals surface area contributed by atoms with Gasteiger partial charge in [-0.2, -0.15) is 0 Å². The molecule has 4 heteroatoms. The smallest absolute Gasteiger partial charge is 0.169 e. The minimum atomic E-state index is -0.330. The number of nitrogens with one attached hydrogen (secondary N) is 1. The van der Waals surface area contributed by atoms with E-state index >= 15 is 0 Å². The van der Waals surface area contributed by atoms with Crippen LogP contribution in [0.1, 0.15) is 44.4 Å². The molecule has 18 heavy (non-hydrogen) atoms. The summed E-state index contributed by atoms with van der Waals surface area (Å²) in [4.78, 5) is 0. The van der Waals surface area contributed by atoms with E-state index < -0.39 is 0 Å². The van der Waals surface area contributed by atoms with Crippen molar-refractivity contribution in [3.63, 3.8) is 0 Å². The van der Waals surface area contributed by atoms with E-state index in [0.29, 0.717) is 11.3 Å². The summed E-state index contributed by atoms with van der Waals surface area (Å²) in [6.45, 7) is 2.15. The van der Waals surface area contributed by atoms with Crippen molar-refractivity contribution in [2.24, 2.45) is 5.84 Å². The Morgan fingerprint density at radius 3 is 2.89 bits per heavy atom. The molecule has 1 atom stereocenters. The average Bonchev–Trinajstić information content (AvgIpc) is 2.80. The number of nitrogens with two attached hydrogens (primary N) is 1. The van der Waals surface area contributed by atoms with Crippen LogP contribution >= 0.6 is 0 Å². The first-order chi connectivity index (χ1) is 8.76. The predicted octanol–water partition coefficient (Wildman–Crippen LogP) is 3.66. The van der Waals surface area contributed by atoms with Crippen LogP contribution in [0, 0.1) is 5.82 Å². The Bertz CT molecular complexity index is 509. The number of para-hydroxylation sites is 1. The van der Waals surface area contributed by atoms with Crippen molar-refractivity contribution < 1.29 is 8.81 Å². The Hall–Kier alpha value is -1.39. The van der Waals surface area contributed by atoms with Crippen LogP contribution in [0.3, 0.4) is 0 Å². The third kappa shape index (κ3) is 2.71. The second kappa shape index (κ2) is 5.98. The number of fused-ring (bicyclic) bond motifs is 1. The molecule has 0 aliphatic rings. The van der Waals surface area contributed by atoms with Gasteiger partial charge in [-0.05, 0) is 18.6 Å². The lowest BCUT2D eigenvalue weighted by Gasteiger charge is -2.12. The normalized spacial score (nSPS) is 13.1. The maximum atomic E-state index is 13.5. The van der Waals surface area contributed by atoms with E-state index in [1.807, 2.05) is 12.1 Å². The maximum Gasteiger partial charge on any atom is 0.169 e. The van der Waals surface area contributed by atoms with Crippen LogP contribution in [-0.2, 0) is 0 Å². The van der Waals surface area contributed by atoms with Gasteiger partial charge in [-0.1, -0.05) is 38.3 Å². The molecule has 0 saturated heterocycles. The number of unbranched alkanes of at least 4 members (excludes halogenated alkanes) is 2. The molecule has 3 N–H and O–H groups in total. The molecule has 98 valence electrons. The van der Waals surface area contributed by atoms with Crippen LogP contribution in [0.15, 0.2) is 28.7 Å². The molecule has 0 bridgehead atoms. The summed E-state index contributed by atoms with van der Waals surface area (Å²) in [5, 5.41) is 0.778. The van der Waals surface area contributed by atoms with Crippen LogP contribution in [0.4, 0.5) is 4.39 Å². The monoisotopic (exact) mass is 250 g/mol. The standard InChI is InChI=1S/C14H19FN2O/c1-2-3-4-8-12(17-16)13-9-10-6-5-7-11(15)14(10)18-13/h5-7,9,12,17H,2-4,8,16H2,1H3. The number of halogens is 1. The SMILES string of the molecule is CCCCCC(NN)c1cc2cccc(F)c2o1. The van der Waals surface area contributed by atoms with Crippen LogP contribution in [0.5, 0.6) is 0 Å². The van der Waals surface area contributed by atoms with Crippen molar-refractivity contribution in [2.45, 2.75) is 38.6 Å². The highest BCUT2D eigenvalue weighted by atomic mass is 19.1. The minimum Gasteiger partial charge on any atom is -0.456 e. The summed E-state index contributed by atoms with van der Waals surface area (Å²) >= 11 is 0. The van der Waals surface area contributed by atoms with Crippen molar-refractivity contribution in [1.82, 2.24) is 5.43 Å². The first-order valence-electron chi connectivity index (χ1n) is 6.40. The van der Waals surface area contributed by atoms with E-state index in [1.54, 1.807) is 6.07 Å². The molecule has 3 nitrogen and oxygen atoms in total. The van der Waals surface area contributed by atoms with Gasteiger partial charge in [0.25, 0.3) is 0 Å². The molecule has 0 aliphatic heterocycles. The number of hydrogen-bond acceptors (Lipinski definition) is 3. The lowest BCUT2D eigenvalue weighted by Crippen LogP contribution is -2.27. The van der Waals surface area contributed by atoms with Gasteiger partial charge in [0.2, 0.25) is 0 Å². The van der Waals surface area contributed by atoms with Gasteiger partial charge in [-0.3, -0.25) is 5.84 Å². The summed E-state index contributed by atoms with van der Waals surface area (Å²) in [7, 11) is 0. The molecule has 1 heterocycles. The van der Waals surface area contributed by atoms with Gasteiger partial charge in [-0.25, -0.2) is 9.82 Å². The van der Waals surface area contributed by atoms with Crippen LogP contribution in [-0.4, -0.2) is 0 Å². The zero-order valence-electron chi connectivity index (χ0n) is 10.6. The minimum absolute atomic E-state index is 0.0525. The molecular weight excluding hydrogens is 231 g/mol. The fourth-order valence-electron chi connectivity index (χ4n) is 2.13. The Labute approximate surface area is 106 Å². The summed E-state index contributed by atoms with van der Waals surface area (Å²) in [5.74, 6) is 5.92. The second-order valence-electron chi connectivity index (χ2n) is 4.52. The molecular formula is C14H19FN2O. The lowest BCUT2D eigenvalue weighted by molar-refractivity contribution is 0.400. The molecule has 0 radical (unpaired) electrons. The first-order valence-corrected chi connectivity index (χ1v) is 6.40. The maximum absolute atomic E-state index is 13.5. The van der Waals surface area contributed by atoms with Gasteiger partial charge < -0.3 is 4.42 Å². The summed E-state index contributed by atoms with van der Waals surface area (Å²) in [5.41, 5.74) is 3.05. The zero-order chi connectivity index (χ0) is 13.0. The average molecular weight is 250 g/mol. The number of hydrazine groups is 1. The third-order valence-electron chi connectivity index (χ3n) is 3.16. The van der Waals surface area contributed by atoms with Gasteiger partial charge in [0.05, 0.1) is 6.04 Å². The number of furan rings is 1. The molecule has 1 unspecified atom stereocenters. The topological polar surface area (TPSA) is 51.2 Å². The fraction of sp³-hybridized carbons (Fsp3) is 0.429. The highest BCUT2D eigenvalue weighted by Crippen LogP contribution is 2.28. The summed E-state index contributed by atoms with van der Waals surface area (Å²) in [6, 6.07) is 6.72. The van der Waals surface area contributed by atoms with Crippen molar-refractivity contribution in [3.8, 4) is 0 Å². The quantitative estimate of drug-likeness (QED) is 0.467. The number of benzene rings is 1. The van der Waals surface area contributed by atoms with Gasteiger partial charge in [0.15, 0.2) is 11.4 Å². The highest BCUT2D eigenvalue weighted by molar-refractivity contribution is 5.78. The molecule has 0 spiro atoms. The highest BCUT2D eigenvalue weighted by Gasteiger charge is 2.16. The Kier molecular flexibility index (Phi) is 4.33. The molecule has 2 rings (SSSR count). The van der Waals surface area contributed by atoms with Gasteiger partial charge >= 0.3 is 0 Å². The molecule has 0 aliphatic carbocycles. The van der Waals surface area contributed by atoms with Crippen molar-refractivity contribution in [1.29, 1.82) is 0 Å². The van der Waals surface area contributed by atoms with Crippen LogP contribution in [0.2, 0.25) is 0 Å². The fourth-order valence-corrected chi connectivity index (χ4v) is 2.13. The molecule has 0 saturated carbocycles. The second-order valence-corrected chi connectivity index (χ2v) is 4.52. The Balaban J connectivity index is 2.20. The van der Waals surface area contributed by atoms with Crippen molar-refractivity contribution in [2.75, 3.05) is 0 Å². The van der Waals surface area contributed by atoms with Gasteiger partial charge in [0.1, 0.15) is 5.76 Å². The molecule has 0 fully saturated rings. The van der Waals surface area contributed by atoms with E-state index in [-0.39, 0.29) is 11.9 Å². The lowest BCUT2D eigenvalue weighted by atomic mass is 10.1. The van der Waals surface area contributed by atoms with E-state index in [4.69, 9.17) is 10.3 Å². The zero-order valence-corrected chi connectivity index (χ0v) is 10.6. The third-order valence-corrected chi connectivity index (χ3v) is 3.16. The number of rotatable bonds is 6. The van der Waals surface area contributed by atoms with Crippen molar-refractivity contribution in [3.05, 3.63) is 35.8 Å². The summed E-state index contributed by atoms with van der Waals surface area (Å²) < 4.78 is 19.1. The van der Waals surface area contributed by atoms with Gasteiger partial charge in [-0.15, -0.1) is 0 Å². The largest absolute Gasteiger partial charge is 0.456 e. The van der Waals surface area contributed by atoms with E-state index in [1.165, 1.54) is 6.07 Å². The molecule has 0 amide bonds. The number of hydrogen-bond donors (Lipinski definition) is 2. The molecule has 1 aromatic carbocycles. The van der Waals surface area contributed by atoms with Crippen LogP contribution in [0.25, 0.3) is 11.0 Å².